The maximum absolute atomic E-state index is 8.35. The van der Waals surface area contributed by atoms with Crippen LogP contribution in [0.15, 0.2) is 16.3 Å². The van der Waals surface area contributed by atoms with Crippen LogP contribution in [0.25, 0.3) is 0 Å². The minimum absolute atomic E-state index is 0.375. The molecule has 0 fully saturated rings. The number of aliphatic imine (C=N–C) groups is 1. The molecule has 1 aliphatic rings. The molecule has 0 aromatic heterocycles. The summed E-state index contributed by atoms with van der Waals surface area (Å²) in [6.45, 7) is 0.478. The first-order chi connectivity index (χ1) is 4.34. The molecule has 0 atom stereocenters. The summed E-state index contributed by atoms with van der Waals surface area (Å²) < 4.78 is 0. The molecule has 0 N–H and O–H groups in total. The average molecular weight is 142 g/mol. The van der Waals surface area contributed by atoms with Gasteiger partial charge in [0.1, 0.15) is 5.16 Å². The molecule has 1 heterocycles. The van der Waals surface area contributed by atoms with Gasteiger partial charge in [0.25, 0.3) is 0 Å². The highest BCUT2D eigenvalue weighted by Gasteiger charge is 2.05. The summed E-state index contributed by atoms with van der Waals surface area (Å²) in [4.78, 5) is 5.09. The smallest absolute Gasteiger partial charge is 0.185 e. The Morgan fingerprint density at radius 2 is 2.67 bits per heavy atom. The van der Waals surface area contributed by atoms with E-state index in [-0.39, 0.29) is 0 Å². The Morgan fingerprint density at radius 1 is 1.89 bits per heavy atom. The van der Waals surface area contributed by atoms with Crippen LogP contribution < -0.4 is 0 Å². The zero-order valence-electron chi connectivity index (χ0n) is 4.58. The first-order valence-electron chi connectivity index (χ1n) is 2.39. The molecule has 1 rings (SSSR count). The molecule has 4 heteroatoms. The van der Waals surface area contributed by atoms with E-state index >= 15 is 0 Å². The summed E-state index contributed by atoms with van der Waals surface area (Å²) in [6, 6.07) is 0. The standard InChI is InChI=1S/C5H4ClN3/c6-5-3-8-1-2-9(5)4-7/h1,3H,2H2. The third-order valence-electron chi connectivity index (χ3n) is 0.929. The van der Waals surface area contributed by atoms with Gasteiger partial charge in [-0.3, -0.25) is 9.89 Å². The molecule has 1 aliphatic heterocycles. The lowest BCUT2D eigenvalue weighted by atomic mass is 10.5. The summed E-state index contributed by atoms with van der Waals surface area (Å²) in [6.07, 6.45) is 4.95. The van der Waals surface area contributed by atoms with Crippen molar-refractivity contribution in [3.8, 4) is 6.19 Å². The lowest BCUT2D eigenvalue weighted by Gasteiger charge is -2.12. The van der Waals surface area contributed by atoms with Crippen LogP contribution in [0, 0.1) is 11.5 Å². The number of hydrogen-bond acceptors (Lipinski definition) is 3. The molecular weight excluding hydrogens is 138 g/mol. The van der Waals surface area contributed by atoms with Crippen LogP contribution in [0.5, 0.6) is 0 Å². The molecule has 0 aliphatic carbocycles. The Bertz CT molecular complexity index is 201. The lowest BCUT2D eigenvalue weighted by molar-refractivity contribution is 0.582. The van der Waals surface area contributed by atoms with Gasteiger partial charge in [-0.15, -0.1) is 0 Å². The average Bonchev–Trinajstić information content (AvgIpc) is 1.89. The second-order valence-corrected chi connectivity index (χ2v) is 1.88. The van der Waals surface area contributed by atoms with Gasteiger partial charge in [0.15, 0.2) is 6.19 Å². The van der Waals surface area contributed by atoms with Crippen molar-refractivity contribution in [1.82, 2.24) is 4.90 Å². The SMILES string of the molecule is N#CN1CC=NC=C1Cl. The maximum atomic E-state index is 8.35. The van der Waals surface area contributed by atoms with Gasteiger partial charge in [0, 0.05) is 6.21 Å². The predicted molar refractivity (Wildman–Crippen MR) is 34.7 cm³/mol. The topological polar surface area (TPSA) is 39.4 Å². The van der Waals surface area contributed by atoms with Crippen molar-refractivity contribution < 1.29 is 0 Å². The van der Waals surface area contributed by atoms with E-state index in [1.54, 1.807) is 6.21 Å². The van der Waals surface area contributed by atoms with Gasteiger partial charge < -0.3 is 0 Å². The van der Waals surface area contributed by atoms with Gasteiger partial charge in [0.2, 0.25) is 0 Å². The van der Waals surface area contributed by atoms with E-state index in [0.717, 1.165) is 0 Å². The van der Waals surface area contributed by atoms with Crippen molar-refractivity contribution in [2.24, 2.45) is 4.99 Å². The van der Waals surface area contributed by atoms with Crippen LogP contribution in [0.3, 0.4) is 0 Å². The van der Waals surface area contributed by atoms with E-state index in [0.29, 0.717) is 11.7 Å². The molecule has 0 spiro atoms. The third-order valence-corrected chi connectivity index (χ3v) is 1.23. The van der Waals surface area contributed by atoms with Crippen molar-refractivity contribution in [2.45, 2.75) is 0 Å². The summed E-state index contributed by atoms with van der Waals surface area (Å²) in [5, 5.41) is 8.73. The summed E-state index contributed by atoms with van der Waals surface area (Å²) in [5.74, 6) is 0. The van der Waals surface area contributed by atoms with Crippen molar-refractivity contribution in [2.75, 3.05) is 6.54 Å². The van der Waals surface area contributed by atoms with Crippen molar-refractivity contribution in [3.05, 3.63) is 11.4 Å². The highest BCUT2D eigenvalue weighted by atomic mass is 35.5. The molecule has 0 amide bonds. The molecule has 0 unspecified atom stereocenters. The molecular formula is C5H4ClN3. The largest absolute Gasteiger partial charge is 0.264 e. The van der Waals surface area contributed by atoms with Gasteiger partial charge in [-0.05, 0) is 0 Å². The zero-order chi connectivity index (χ0) is 6.69. The Labute approximate surface area is 57.9 Å². The van der Waals surface area contributed by atoms with Crippen LogP contribution in [-0.2, 0) is 0 Å². The number of halogens is 1. The fourth-order valence-electron chi connectivity index (χ4n) is 0.488. The van der Waals surface area contributed by atoms with Gasteiger partial charge in [-0.1, -0.05) is 11.6 Å². The van der Waals surface area contributed by atoms with Crippen LogP contribution in [0.1, 0.15) is 0 Å². The van der Waals surface area contributed by atoms with Gasteiger partial charge >= 0.3 is 0 Å². The second kappa shape index (κ2) is 2.51. The van der Waals surface area contributed by atoms with E-state index in [2.05, 4.69) is 4.99 Å². The summed E-state index contributed by atoms with van der Waals surface area (Å²) in [5.41, 5.74) is 0. The highest BCUT2D eigenvalue weighted by Crippen LogP contribution is 2.09. The fraction of sp³-hybridized carbons (Fsp3) is 0.200. The van der Waals surface area contributed by atoms with Gasteiger partial charge in [-0.2, -0.15) is 5.26 Å². The molecule has 0 aromatic carbocycles. The minimum Gasteiger partial charge on any atom is -0.264 e. The number of nitrogens with zero attached hydrogens (tertiary/aromatic N) is 3. The van der Waals surface area contributed by atoms with E-state index in [1.807, 2.05) is 6.19 Å². The van der Waals surface area contributed by atoms with Crippen LogP contribution in [0.2, 0.25) is 0 Å². The normalized spacial score (nSPS) is 16.9. The zero-order valence-corrected chi connectivity index (χ0v) is 5.34. The minimum atomic E-state index is 0.375. The Kier molecular flexibility index (Phi) is 1.71. The molecule has 3 nitrogen and oxygen atoms in total. The third kappa shape index (κ3) is 1.21. The Hall–Kier alpha value is -1.01. The number of nitriles is 1. The first kappa shape index (κ1) is 6.12. The molecule has 0 saturated carbocycles. The fourth-order valence-corrected chi connectivity index (χ4v) is 0.652. The molecule has 46 valence electrons. The van der Waals surface area contributed by atoms with Gasteiger partial charge in [0.05, 0.1) is 12.7 Å². The van der Waals surface area contributed by atoms with Gasteiger partial charge in [-0.25, -0.2) is 0 Å². The lowest BCUT2D eigenvalue weighted by Crippen LogP contribution is -2.18. The second-order valence-electron chi connectivity index (χ2n) is 1.49. The van der Waals surface area contributed by atoms with Crippen molar-refractivity contribution in [3.63, 3.8) is 0 Å². The monoisotopic (exact) mass is 141 g/mol. The summed E-state index contributed by atoms with van der Waals surface area (Å²) in [7, 11) is 0. The van der Waals surface area contributed by atoms with E-state index in [4.69, 9.17) is 16.9 Å². The summed E-state index contributed by atoms with van der Waals surface area (Å²) >= 11 is 5.53. The van der Waals surface area contributed by atoms with Crippen molar-refractivity contribution in [1.29, 1.82) is 5.26 Å². The van der Waals surface area contributed by atoms with Crippen LogP contribution in [-0.4, -0.2) is 17.7 Å². The highest BCUT2D eigenvalue weighted by molar-refractivity contribution is 6.29. The molecule has 0 radical (unpaired) electrons. The Morgan fingerprint density at radius 3 is 3.11 bits per heavy atom. The van der Waals surface area contributed by atoms with Crippen LogP contribution >= 0.6 is 11.6 Å². The molecule has 0 saturated heterocycles. The van der Waals surface area contributed by atoms with E-state index in [1.165, 1.54) is 11.1 Å². The van der Waals surface area contributed by atoms with E-state index < -0.39 is 0 Å². The van der Waals surface area contributed by atoms with Crippen molar-refractivity contribution >= 4 is 17.8 Å². The first-order valence-corrected chi connectivity index (χ1v) is 2.77. The van der Waals surface area contributed by atoms with E-state index in [9.17, 15) is 0 Å². The molecule has 9 heavy (non-hydrogen) atoms. The quantitative estimate of drug-likeness (QED) is 0.371. The number of rotatable bonds is 0. The maximum Gasteiger partial charge on any atom is 0.185 e. The van der Waals surface area contributed by atoms with Crippen LogP contribution in [0.4, 0.5) is 0 Å². The molecule has 0 bridgehead atoms. The Balaban J connectivity index is 2.73. The predicted octanol–water partition coefficient (Wildman–Crippen LogP) is 0.892. The number of hydrogen-bond donors (Lipinski definition) is 0. The molecule has 0 aromatic rings.